The first-order chi connectivity index (χ1) is 32.0. The van der Waals surface area contributed by atoms with Gasteiger partial charge in [-0.25, -0.2) is 4.79 Å². The number of likely N-dealkylation sites (tertiary alicyclic amines) is 1. The molecule has 0 bridgehead atoms. The molecule has 9 atom stereocenters. The van der Waals surface area contributed by atoms with Gasteiger partial charge in [0.15, 0.2) is 0 Å². The van der Waals surface area contributed by atoms with Gasteiger partial charge in [-0.1, -0.05) is 91.6 Å². The van der Waals surface area contributed by atoms with Crippen LogP contribution in [0.15, 0.2) is 39.3 Å². The second kappa shape index (κ2) is 27.3. The molecule has 1 saturated heterocycles. The summed E-state index contributed by atoms with van der Waals surface area (Å²) in [4.78, 5) is 113. The molecule has 17 nitrogen and oxygen atoms in total. The molecule has 3 rings (SSSR count). The topological polar surface area (TPSA) is 212 Å². The molecule has 0 aliphatic carbocycles. The number of aliphatic carboxylic acids is 1. The van der Waals surface area contributed by atoms with Crippen LogP contribution in [0.1, 0.15) is 105 Å². The Kier molecular flexibility index (Phi) is 23.3. The van der Waals surface area contributed by atoms with E-state index >= 15 is 0 Å². The van der Waals surface area contributed by atoms with Gasteiger partial charge >= 0.3 is 5.97 Å². The fraction of sp³-hybridized carbons (Fsp3) is 0.673. The van der Waals surface area contributed by atoms with Gasteiger partial charge in [-0.2, -0.15) is 0 Å². The first-order valence-electron chi connectivity index (χ1n) is 23.7. The van der Waals surface area contributed by atoms with Gasteiger partial charge in [-0.05, 0) is 80.9 Å². The number of methoxy groups -OCH3 is 2. The van der Waals surface area contributed by atoms with Crippen LogP contribution >= 0.6 is 31.9 Å². The van der Waals surface area contributed by atoms with Crippen LogP contribution in [-0.2, 0) is 54.3 Å². The molecule has 7 amide bonds. The minimum atomic E-state index is -1.16. The van der Waals surface area contributed by atoms with Gasteiger partial charge < -0.3 is 39.9 Å². The third-order valence-electron chi connectivity index (χ3n) is 13.4. The molecule has 3 N–H and O–H groups in total. The number of carboxylic acids is 1. The SMILES string of the molecule is CCC(C)C(C(CC(=O)N1CCC[C@H]1C(OC)C(C)C(=O)NC(Cc1ccccc1)C(=O)O)OC)N(C)C(=O)C(NC(=O)C(C(C)C)N(C)C(=O)CCCCCN1C(=O)C(Br)=C(Br)C1=O)C(C)C. The van der Waals surface area contributed by atoms with Crippen LogP contribution in [0.4, 0.5) is 0 Å². The lowest BCUT2D eigenvalue weighted by Gasteiger charge is -2.41. The number of carbonyl (C=O) groups is 8. The molecule has 0 saturated carbocycles. The lowest BCUT2D eigenvalue weighted by atomic mass is 9.89. The Hall–Kier alpha value is -4.20. The number of carboxylic acid groups (broad SMARTS) is 1. The summed E-state index contributed by atoms with van der Waals surface area (Å²) < 4.78 is 12.3. The second-order valence-corrected chi connectivity index (χ2v) is 20.4. The zero-order valence-electron chi connectivity index (χ0n) is 41.6. The number of hydrogen-bond donors (Lipinski definition) is 3. The van der Waals surface area contributed by atoms with Crippen molar-refractivity contribution >= 4 is 79.2 Å². The average molecular weight is 1080 g/mol. The zero-order valence-corrected chi connectivity index (χ0v) is 44.8. The minimum Gasteiger partial charge on any atom is -0.480 e. The number of hydrogen-bond acceptors (Lipinski definition) is 10. The standard InChI is InChI=1S/C49H74Br2N6O11/c1-12-30(6)42(35(67-10)27-37(59)56-25-19-22-34(56)43(68-11)31(7)44(60)52-33(49(65)66)26-32-20-15-13-16-21-32)55(9)48(64)40(28(2)3)53-45(61)41(29(4)5)54(8)36(58)23-17-14-18-24-57-46(62)38(50)39(51)47(57)63/h13,15-16,20-21,28-31,33-35,40-43H,12,14,17-19,22-27H2,1-11H3,(H,52,60)(H,53,61)(H,65,66)/t30?,31?,33?,34-,35?,40?,41?,42?,43?/m0/s1. The predicted molar refractivity (Wildman–Crippen MR) is 264 cm³/mol. The number of likely N-dealkylation sites (N-methyl/N-ethyl adjacent to an activating group) is 2. The van der Waals surface area contributed by atoms with Gasteiger partial charge in [0.2, 0.25) is 29.5 Å². The smallest absolute Gasteiger partial charge is 0.326 e. The quantitative estimate of drug-likeness (QED) is 0.0763. The van der Waals surface area contributed by atoms with Crippen molar-refractivity contribution < 1.29 is 52.9 Å². The van der Waals surface area contributed by atoms with Crippen molar-refractivity contribution in [2.45, 2.75) is 149 Å². The van der Waals surface area contributed by atoms with Crippen molar-refractivity contribution in [3.8, 4) is 0 Å². The molecule has 2 heterocycles. The monoisotopic (exact) mass is 1080 g/mol. The van der Waals surface area contributed by atoms with Crippen LogP contribution in [0.25, 0.3) is 0 Å². The Morgan fingerprint density at radius 1 is 0.838 bits per heavy atom. The van der Waals surface area contributed by atoms with Crippen molar-refractivity contribution in [2.75, 3.05) is 41.4 Å². The lowest BCUT2D eigenvalue weighted by Crippen LogP contribution is -2.60. The number of nitrogens with one attached hydrogen (secondary N) is 2. The third-order valence-corrected chi connectivity index (χ3v) is 15.4. The van der Waals surface area contributed by atoms with Crippen LogP contribution in [-0.4, -0.2) is 156 Å². The van der Waals surface area contributed by atoms with Crippen LogP contribution in [0.2, 0.25) is 0 Å². The normalized spacial score (nSPS) is 18.8. The van der Waals surface area contributed by atoms with E-state index in [1.54, 1.807) is 55.1 Å². The summed E-state index contributed by atoms with van der Waals surface area (Å²) in [6.07, 6.45) is 2.09. The molecule has 19 heteroatoms. The Morgan fingerprint density at radius 2 is 1.46 bits per heavy atom. The number of benzene rings is 1. The summed E-state index contributed by atoms with van der Waals surface area (Å²) in [7, 11) is 6.20. The van der Waals surface area contributed by atoms with Gasteiger partial charge in [0, 0.05) is 54.2 Å². The zero-order chi connectivity index (χ0) is 51.2. The Bertz CT molecular complexity index is 1940. The summed E-state index contributed by atoms with van der Waals surface area (Å²) >= 11 is 6.25. The third kappa shape index (κ3) is 14.9. The van der Waals surface area contributed by atoms with E-state index in [1.807, 2.05) is 47.6 Å². The number of unbranched alkanes of at least 4 members (excludes halogenated alkanes) is 2. The highest BCUT2D eigenvalue weighted by Crippen LogP contribution is 2.31. The maximum Gasteiger partial charge on any atom is 0.326 e. The highest BCUT2D eigenvalue weighted by atomic mass is 79.9. The molecule has 0 aromatic heterocycles. The largest absolute Gasteiger partial charge is 0.480 e. The van der Waals surface area contributed by atoms with E-state index in [2.05, 4.69) is 42.5 Å². The van der Waals surface area contributed by atoms with Gasteiger partial charge in [0.1, 0.15) is 27.1 Å². The molecule has 1 fully saturated rings. The second-order valence-electron chi connectivity index (χ2n) is 18.8. The number of carbonyl (C=O) groups excluding carboxylic acids is 7. The highest BCUT2D eigenvalue weighted by molar-refractivity contribution is 9.14. The number of amides is 7. The molecule has 2 aliphatic rings. The van der Waals surface area contributed by atoms with E-state index < -0.39 is 77.9 Å². The summed E-state index contributed by atoms with van der Waals surface area (Å²) in [6.45, 7) is 13.6. The van der Waals surface area contributed by atoms with Gasteiger partial charge in [-0.15, -0.1) is 0 Å². The summed E-state index contributed by atoms with van der Waals surface area (Å²) in [5, 5.41) is 15.6. The maximum absolute atomic E-state index is 14.6. The van der Waals surface area contributed by atoms with Crippen LogP contribution < -0.4 is 10.6 Å². The molecule has 380 valence electrons. The molecular weight excluding hydrogens is 1010 g/mol. The maximum atomic E-state index is 14.6. The molecule has 8 unspecified atom stereocenters. The van der Waals surface area contributed by atoms with E-state index in [1.165, 1.54) is 19.1 Å². The van der Waals surface area contributed by atoms with E-state index in [9.17, 15) is 43.5 Å². The van der Waals surface area contributed by atoms with E-state index in [0.717, 1.165) is 10.5 Å². The van der Waals surface area contributed by atoms with Crippen LogP contribution in [0, 0.1) is 23.7 Å². The highest BCUT2D eigenvalue weighted by Gasteiger charge is 2.44. The number of ether oxygens (including phenoxy) is 2. The number of nitrogens with zero attached hydrogens (tertiary/aromatic N) is 4. The molecule has 0 spiro atoms. The minimum absolute atomic E-state index is 0.0862. The van der Waals surface area contributed by atoms with Gasteiger partial charge in [0.05, 0.1) is 36.6 Å². The molecular formula is C49H74Br2N6O11. The number of imide groups is 1. The lowest BCUT2D eigenvalue weighted by molar-refractivity contribution is -0.149. The van der Waals surface area contributed by atoms with Gasteiger partial charge in [0.25, 0.3) is 11.8 Å². The van der Waals surface area contributed by atoms with Crippen molar-refractivity contribution in [2.24, 2.45) is 23.7 Å². The number of halogens is 2. The summed E-state index contributed by atoms with van der Waals surface area (Å²) in [5.41, 5.74) is 0.761. The number of rotatable bonds is 27. The Labute approximate surface area is 419 Å². The molecule has 1 aromatic carbocycles. The molecule has 2 aliphatic heterocycles. The van der Waals surface area contributed by atoms with Crippen molar-refractivity contribution in [3.05, 3.63) is 44.9 Å². The fourth-order valence-electron chi connectivity index (χ4n) is 9.33. The summed E-state index contributed by atoms with van der Waals surface area (Å²) in [5.74, 6) is -5.44. The predicted octanol–water partition coefficient (Wildman–Crippen LogP) is 5.27. The van der Waals surface area contributed by atoms with Crippen molar-refractivity contribution in [1.82, 2.24) is 30.2 Å². The van der Waals surface area contributed by atoms with E-state index in [0.29, 0.717) is 45.1 Å². The Morgan fingerprint density at radius 3 is 1.99 bits per heavy atom. The van der Waals surface area contributed by atoms with Crippen molar-refractivity contribution in [3.63, 3.8) is 0 Å². The first-order valence-corrected chi connectivity index (χ1v) is 25.3. The Balaban J connectivity index is 1.70. The summed E-state index contributed by atoms with van der Waals surface area (Å²) in [6, 6.07) is 4.93. The van der Waals surface area contributed by atoms with Crippen LogP contribution in [0.5, 0.6) is 0 Å². The molecule has 68 heavy (non-hydrogen) atoms. The first kappa shape index (κ1) is 58.1. The fourth-order valence-corrected chi connectivity index (χ4v) is 10.1. The molecule has 1 aromatic rings. The average Bonchev–Trinajstić information content (AvgIpc) is 3.86. The van der Waals surface area contributed by atoms with Crippen molar-refractivity contribution in [1.29, 1.82) is 0 Å². The van der Waals surface area contributed by atoms with E-state index in [4.69, 9.17) is 9.47 Å². The van der Waals surface area contributed by atoms with Crippen LogP contribution in [0.3, 0.4) is 0 Å². The van der Waals surface area contributed by atoms with E-state index in [-0.39, 0.29) is 70.2 Å². The van der Waals surface area contributed by atoms with Gasteiger partial charge in [-0.3, -0.25) is 38.5 Å². The molecule has 0 radical (unpaired) electrons.